The first-order valence-corrected chi connectivity index (χ1v) is 15.8. The number of aliphatic carboxylic acids is 1. The fourth-order valence-electron chi connectivity index (χ4n) is 5.60. The Balaban J connectivity index is 1.31. The standard InChI is InChI=1S/C28H33F2N7O5S/c1-17-15-21(32-26(31-17)37-13-9-28(29,30)10-14-37)24-34-33-23(42-24)20-4-3-19(35-43(40,41)18(2)25(38)39)16-22(20)36-11-7-27(5-6-27)8-12-36/h3-4,15-16,18,35H,5-14H2,1-2H3,(H,38,39). The van der Waals surface area contributed by atoms with E-state index < -0.39 is 27.2 Å². The molecule has 1 aromatic carbocycles. The van der Waals surface area contributed by atoms with Gasteiger partial charge in [0.1, 0.15) is 5.69 Å². The number of carbonyl (C=O) groups is 1. The Hall–Kier alpha value is -3.88. The number of benzene rings is 1. The van der Waals surface area contributed by atoms with Crippen molar-refractivity contribution in [3.05, 3.63) is 30.0 Å². The lowest BCUT2D eigenvalue weighted by atomic mass is 9.93. The number of nitrogens with one attached hydrogen (secondary N) is 1. The number of hydrogen-bond donors (Lipinski definition) is 2. The Labute approximate surface area is 247 Å². The highest BCUT2D eigenvalue weighted by atomic mass is 32.2. The van der Waals surface area contributed by atoms with Gasteiger partial charge in [0.15, 0.2) is 5.25 Å². The predicted octanol–water partition coefficient (Wildman–Crippen LogP) is 4.33. The average molecular weight is 618 g/mol. The molecule has 43 heavy (non-hydrogen) atoms. The van der Waals surface area contributed by atoms with Crippen molar-refractivity contribution in [2.24, 2.45) is 5.41 Å². The molecule has 12 nitrogen and oxygen atoms in total. The van der Waals surface area contributed by atoms with Gasteiger partial charge in [-0.2, -0.15) is 0 Å². The molecule has 0 amide bonds. The number of sulfonamides is 1. The van der Waals surface area contributed by atoms with Crippen molar-refractivity contribution >= 4 is 33.3 Å². The van der Waals surface area contributed by atoms with Gasteiger partial charge >= 0.3 is 5.97 Å². The van der Waals surface area contributed by atoms with Crippen molar-refractivity contribution in [1.82, 2.24) is 20.2 Å². The number of alkyl halides is 2. The zero-order chi connectivity index (χ0) is 30.6. The monoisotopic (exact) mass is 617 g/mol. The maximum atomic E-state index is 13.7. The summed E-state index contributed by atoms with van der Waals surface area (Å²) in [4.78, 5) is 24.2. The van der Waals surface area contributed by atoms with Crippen LogP contribution < -0.4 is 14.5 Å². The molecule has 1 spiro atoms. The summed E-state index contributed by atoms with van der Waals surface area (Å²) in [6, 6.07) is 6.54. The first-order chi connectivity index (χ1) is 20.3. The Bertz CT molecular complexity index is 1640. The molecule has 1 atom stereocenters. The maximum Gasteiger partial charge on any atom is 0.323 e. The van der Waals surface area contributed by atoms with Gasteiger partial charge in [-0.25, -0.2) is 27.2 Å². The summed E-state index contributed by atoms with van der Waals surface area (Å²) in [6.07, 6.45) is 3.91. The van der Waals surface area contributed by atoms with Crippen LogP contribution in [-0.2, 0) is 14.8 Å². The highest BCUT2D eigenvalue weighted by Gasteiger charge is 2.44. The van der Waals surface area contributed by atoms with Crippen molar-refractivity contribution in [1.29, 1.82) is 0 Å². The molecule has 15 heteroatoms. The largest absolute Gasteiger partial charge is 0.480 e. The molecule has 3 aromatic rings. The van der Waals surface area contributed by atoms with Crippen LogP contribution in [0.3, 0.4) is 0 Å². The molecular weight excluding hydrogens is 584 g/mol. The van der Waals surface area contributed by atoms with Crippen molar-refractivity contribution < 1.29 is 31.5 Å². The van der Waals surface area contributed by atoms with Crippen molar-refractivity contribution in [3.63, 3.8) is 0 Å². The van der Waals surface area contributed by atoms with Crippen LogP contribution in [-0.4, -0.2) is 77.0 Å². The maximum absolute atomic E-state index is 13.7. The van der Waals surface area contributed by atoms with Crippen LogP contribution >= 0.6 is 0 Å². The van der Waals surface area contributed by atoms with Crippen molar-refractivity contribution in [2.75, 3.05) is 40.7 Å². The molecule has 1 unspecified atom stereocenters. The number of carboxylic acids is 1. The van der Waals surface area contributed by atoms with Gasteiger partial charge in [-0.3, -0.25) is 9.52 Å². The van der Waals surface area contributed by atoms with Crippen LogP contribution in [0.15, 0.2) is 28.7 Å². The number of aryl methyl sites for hydroxylation is 1. The summed E-state index contributed by atoms with van der Waals surface area (Å²) >= 11 is 0. The molecule has 230 valence electrons. The first kappa shape index (κ1) is 29.2. The molecule has 3 aliphatic rings. The highest BCUT2D eigenvalue weighted by Crippen LogP contribution is 2.54. The number of rotatable bonds is 8. The summed E-state index contributed by atoms with van der Waals surface area (Å²) in [6.45, 7) is 4.68. The van der Waals surface area contributed by atoms with Gasteiger partial charge in [0.25, 0.3) is 11.8 Å². The van der Waals surface area contributed by atoms with Crippen LogP contribution in [0.4, 0.5) is 26.1 Å². The highest BCUT2D eigenvalue weighted by molar-refractivity contribution is 7.94. The number of aromatic nitrogens is 4. The molecule has 0 bridgehead atoms. The van der Waals surface area contributed by atoms with Gasteiger partial charge in [0.2, 0.25) is 21.9 Å². The van der Waals surface area contributed by atoms with E-state index in [1.165, 1.54) is 18.9 Å². The minimum Gasteiger partial charge on any atom is -0.480 e. The SMILES string of the molecule is Cc1cc(-c2nnc(-c3ccc(NS(=O)(=O)C(C)C(=O)O)cc3N3CCC4(CC3)CC4)o2)nc(N2CCC(F)(F)CC2)n1. The molecule has 2 aliphatic heterocycles. The Morgan fingerprint density at radius 3 is 2.28 bits per heavy atom. The summed E-state index contributed by atoms with van der Waals surface area (Å²) in [7, 11) is -4.18. The molecule has 3 fully saturated rings. The molecule has 0 radical (unpaired) electrons. The number of anilines is 3. The van der Waals surface area contributed by atoms with E-state index in [1.54, 1.807) is 30.0 Å². The van der Waals surface area contributed by atoms with Crippen LogP contribution in [0.25, 0.3) is 23.0 Å². The van der Waals surface area contributed by atoms with Gasteiger partial charge in [-0.15, -0.1) is 10.2 Å². The van der Waals surface area contributed by atoms with E-state index in [0.717, 1.165) is 32.9 Å². The summed E-state index contributed by atoms with van der Waals surface area (Å²) in [5, 5.41) is 16.1. The minimum atomic E-state index is -4.18. The number of nitrogens with zero attached hydrogens (tertiary/aromatic N) is 6. The normalized spacial score (nSPS) is 20.2. The topological polar surface area (TPSA) is 155 Å². The molecule has 2 N–H and O–H groups in total. The van der Waals surface area contributed by atoms with E-state index in [1.807, 2.05) is 0 Å². The second-order valence-electron chi connectivity index (χ2n) is 11.8. The Kier molecular flexibility index (Phi) is 7.26. The third-order valence-corrected chi connectivity index (χ3v) is 10.3. The van der Waals surface area contributed by atoms with Gasteiger partial charge < -0.3 is 19.3 Å². The van der Waals surface area contributed by atoms with Gasteiger partial charge in [0, 0.05) is 44.7 Å². The average Bonchev–Trinajstić information content (AvgIpc) is 3.52. The molecule has 1 saturated carbocycles. The Morgan fingerprint density at radius 1 is 0.977 bits per heavy atom. The van der Waals surface area contributed by atoms with Crippen LogP contribution in [0.5, 0.6) is 0 Å². The second kappa shape index (κ2) is 10.7. The summed E-state index contributed by atoms with van der Waals surface area (Å²) in [5.74, 6) is -3.50. The molecule has 2 aromatic heterocycles. The third kappa shape index (κ3) is 6.12. The van der Waals surface area contributed by atoms with Crippen LogP contribution in [0.1, 0.15) is 51.1 Å². The number of hydrogen-bond acceptors (Lipinski definition) is 10. The molecule has 1 aliphatic carbocycles. The fourth-order valence-corrected chi connectivity index (χ4v) is 6.49. The zero-order valence-corrected chi connectivity index (χ0v) is 24.7. The first-order valence-electron chi connectivity index (χ1n) is 14.3. The van der Waals surface area contributed by atoms with Crippen molar-refractivity contribution in [3.8, 4) is 23.0 Å². The molecule has 6 rings (SSSR count). The number of piperidine rings is 2. The lowest BCUT2D eigenvalue weighted by Crippen LogP contribution is -2.40. The number of halogens is 2. The molecule has 4 heterocycles. The molecule has 2 saturated heterocycles. The number of carboxylic acid groups (broad SMARTS) is 1. The minimum absolute atomic E-state index is 0.130. The summed E-state index contributed by atoms with van der Waals surface area (Å²) in [5.41, 5.74) is 2.87. The van der Waals surface area contributed by atoms with E-state index >= 15 is 0 Å². The Morgan fingerprint density at radius 2 is 1.63 bits per heavy atom. The van der Waals surface area contributed by atoms with E-state index in [-0.39, 0.29) is 43.4 Å². The van der Waals surface area contributed by atoms with E-state index in [0.29, 0.717) is 34.0 Å². The van der Waals surface area contributed by atoms with Crippen LogP contribution in [0, 0.1) is 12.3 Å². The van der Waals surface area contributed by atoms with Gasteiger partial charge in [-0.05, 0) is 69.2 Å². The molecular formula is C28H33F2N7O5S. The third-order valence-electron chi connectivity index (χ3n) is 8.69. The summed E-state index contributed by atoms with van der Waals surface area (Å²) < 4.78 is 61.2. The van der Waals surface area contributed by atoms with Gasteiger partial charge in [0.05, 0.1) is 16.9 Å². The second-order valence-corrected chi connectivity index (χ2v) is 13.8. The fraction of sp³-hybridized carbons (Fsp3) is 0.536. The van der Waals surface area contributed by atoms with Crippen LogP contribution in [0.2, 0.25) is 0 Å². The van der Waals surface area contributed by atoms with E-state index in [9.17, 15) is 27.1 Å². The smallest absolute Gasteiger partial charge is 0.323 e. The zero-order valence-electron chi connectivity index (χ0n) is 23.9. The van der Waals surface area contributed by atoms with Gasteiger partial charge in [-0.1, -0.05) is 0 Å². The lowest BCUT2D eigenvalue weighted by molar-refractivity contribution is -0.136. The van der Waals surface area contributed by atoms with Crippen molar-refractivity contribution in [2.45, 2.75) is 63.5 Å². The predicted molar refractivity (Wildman–Crippen MR) is 155 cm³/mol. The quantitative estimate of drug-likeness (QED) is 0.371. The van der Waals surface area contributed by atoms with E-state index in [2.05, 4.69) is 29.8 Å². The lowest BCUT2D eigenvalue weighted by Gasteiger charge is -2.35. The van der Waals surface area contributed by atoms with E-state index in [4.69, 9.17) is 4.42 Å².